The van der Waals surface area contributed by atoms with E-state index in [4.69, 9.17) is 15.2 Å². The molecule has 4 nitrogen and oxygen atoms in total. The fourth-order valence-electron chi connectivity index (χ4n) is 2.24. The average Bonchev–Trinajstić information content (AvgIpc) is 2.92. The van der Waals surface area contributed by atoms with Gasteiger partial charge in [-0.1, -0.05) is 0 Å². The van der Waals surface area contributed by atoms with E-state index in [0.717, 1.165) is 5.56 Å². The maximum Gasteiger partial charge on any atom is 0.231 e. The lowest BCUT2D eigenvalue weighted by Gasteiger charge is -2.07. The van der Waals surface area contributed by atoms with Crippen LogP contribution in [0, 0.1) is 5.82 Å². The number of rotatable bonds is 4. The molecule has 0 bridgehead atoms. The SMILES string of the molecule is Nc1cc2c(cc1CCC(=O)c1ccc(F)cc1)OCO2. The molecule has 0 atom stereocenters. The van der Waals surface area contributed by atoms with E-state index in [1.165, 1.54) is 24.3 Å². The van der Waals surface area contributed by atoms with Crippen molar-refractivity contribution in [2.45, 2.75) is 12.8 Å². The van der Waals surface area contributed by atoms with Gasteiger partial charge in [-0.3, -0.25) is 4.79 Å². The predicted molar refractivity (Wildman–Crippen MR) is 76.0 cm³/mol. The smallest absolute Gasteiger partial charge is 0.231 e. The van der Waals surface area contributed by atoms with Crippen molar-refractivity contribution >= 4 is 11.5 Å². The van der Waals surface area contributed by atoms with Gasteiger partial charge in [0.15, 0.2) is 17.3 Å². The van der Waals surface area contributed by atoms with Crippen LogP contribution < -0.4 is 15.2 Å². The molecule has 0 spiro atoms. The fourth-order valence-corrected chi connectivity index (χ4v) is 2.24. The molecular formula is C16H14FNO3. The number of carbonyl (C=O) groups excluding carboxylic acids is 1. The molecule has 108 valence electrons. The van der Waals surface area contributed by atoms with E-state index < -0.39 is 0 Å². The number of aryl methyl sites for hydroxylation is 1. The largest absolute Gasteiger partial charge is 0.454 e. The number of benzene rings is 2. The topological polar surface area (TPSA) is 61.6 Å². The van der Waals surface area contributed by atoms with Crippen molar-refractivity contribution in [3.63, 3.8) is 0 Å². The number of ketones is 1. The van der Waals surface area contributed by atoms with Crippen molar-refractivity contribution in [1.29, 1.82) is 0 Å². The minimum absolute atomic E-state index is 0.0490. The Labute approximate surface area is 121 Å². The number of carbonyl (C=O) groups is 1. The number of fused-ring (bicyclic) bond motifs is 1. The van der Waals surface area contributed by atoms with Crippen LogP contribution in [0.25, 0.3) is 0 Å². The molecule has 2 aromatic rings. The zero-order valence-electron chi connectivity index (χ0n) is 11.3. The van der Waals surface area contributed by atoms with E-state index in [-0.39, 0.29) is 18.4 Å². The quantitative estimate of drug-likeness (QED) is 0.693. The van der Waals surface area contributed by atoms with Crippen LogP contribution in [0.5, 0.6) is 11.5 Å². The van der Waals surface area contributed by atoms with Crippen molar-refractivity contribution in [1.82, 2.24) is 0 Å². The lowest BCUT2D eigenvalue weighted by Crippen LogP contribution is -2.03. The van der Waals surface area contributed by atoms with Crippen LogP contribution in [0.15, 0.2) is 36.4 Å². The normalized spacial score (nSPS) is 12.4. The lowest BCUT2D eigenvalue weighted by molar-refractivity contribution is 0.0983. The molecule has 0 unspecified atom stereocenters. The monoisotopic (exact) mass is 287 g/mol. The number of hydrogen-bond donors (Lipinski definition) is 1. The third-order valence-corrected chi connectivity index (χ3v) is 3.42. The van der Waals surface area contributed by atoms with Gasteiger partial charge in [-0.2, -0.15) is 0 Å². The van der Waals surface area contributed by atoms with E-state index in [9.17, 15) is 9.18 Å². The van der Waals surface area contributed by atoms with Gasteiger partial charge in [0, 0.05) is 23.7 Å². The molecule has 0 fully saturated rings. The second-order valence-corrected chi connectivity index (χ2v) is 4.83. The van der Waals surface area contributed by atoms with Crippen LogP contribution in [0.1, 0.15) is 22.3 Å². The van der Waals surface area contributed by atoms with E-state index >= 15 is 0 Å². The summed E-state index contributed by atoms with van der Waals surface area (Å²) >= 11 is 0. The third-order valence-electron chi connectivity index (χ3n) is 3.42. The van der Waals surface area contributed by atoms with Crippen molar-refractivity contribution in [2.24, 2.45) is 0 Å². The summed E-state index contributed by atoms with van der Waals surface area (Å²) in [6.45, 7) is 0.187. The van der Waals surface area contributed by atoms with Crippen LogP contribution in [0.2, 0.25) is 0 Å². The van der Waals surface area contributed by atoms with Crippen LogP contribution >= 0.6 is 0 Å². The Morgan fingerprint density at radius 1 is 1.14 bits per heavy atom. The van der Waals surface area contributed by atoms with Gasteiger partial charge in [0.05, 0.1) is 0 Å². The van der Waals surface area contributed by atoms with Gasteiger partial charge >= 0.3 is 0 Å². The highest BCUT2D eigenvalue weighted by molar-refractivity contribution is 5.96. The Balaban J connectivity index is 1.70. The Morgan fingerprint density at radius 2 is 1.81 bits per heavy atom. The van der Waals surface area contributed by atoms with Gasteiger partial charge in [-0.15, -0.1) is 0 Å². The summed E-state index contributed by atoms with van der Waals surface area (Å²) in [6.07, 6.45) is 0.800. The third kappa shape index (κ3) is 2.81. The molecule has 0 aliphatic carbocycles. The Morgan fingerprint density at radius 3 is 2.52 bits per heavy atom. The lowest BCUT2D eigenvalue weighted by atomic mass is 10.0. The molecule has 3 rings (SSSR count). The first-order chi connectivity index (χ1) is 10.1. The summed E-state index contributed by atoms with van der Waals surface area (Å²) in [5.74, 6) is 0.869. The van der Waals surface area contributed by atoms with Crippen LogP contribution in [-0.4, -0.2) is 12.6 Å². The first-order valence-electron chi connectivity index (χ1n) is 6.60. The summed E-state index contributed by atoms with van der Waals surface area (Å²) in [5.41, 5.74) is 7.86. The first kappa shape index (κ1) is 13.4. The van der Waals surface area contributed by atoms with E-state index in [1.54, 1.807) is 12.1 Å². The van der Waals surface area contributed by atoms with Gasteiger partial charge in [-0.05, 0) is 42.3 Å². The molecule has 21 heavy (non-hydrogen) atoms. The van der Waals surface area contributed by atoms with Gasteiger partial charge in [0.25, 0.3) is 0 Å². The summed E-state index contributed by atoms with van der Waals surface area (Å²) in [5, 5.41) is 0. The maximum atomic E-state index is 12.8. The highest BCUT2D eigenvalue weighted by Crippen LogP contribution is 2.36. The zero-order chi connectivity index (χ0) is 14.8. The number of halogens is 1. The van der Waals surface area contributed by atoms with Crippen LogP contribution in [0.4, 0.5) is 10.1 Å². The molecular weight excluding hydrogens is 273 g/mol. The molecule has 0 aromatic heterocycles. The summed E-state index contributed by atoms with van der Waals surface area (Å²) in [7, 11) is 0. The van der Waals surface area contributed by atoms with Crippen molar-refractivity contribution in [2.75, 3.05) is 12.5 Å². The van der Waals surface area contributed by atoms with Crippen LogP contribution in [0.3, 0.4) is 0 Å². The van der Waals surface area contributed by atoms with Gasteiger partial charge in [0.2, 0.25) is 6.79 Å². The van der Waals surface area contributed by atoms with Gasteiger partial charge < -0.3 is 15.2 Å². The maximum absolute atomic E-state index is 12.8. The van der Waals surface area contributed by atoms with Crippen LogP contribution in [-0.2, 0) is 6.42 Å². The average molecular weight is 287 g/mol. The predicted octanol–water partition coefficient (Wildman–Crippen LogP) is 2.95. The second-order valence-electron chi connectivity index (χ2n) is 4.83. The number of hydrogen-bond acceptors (Lipinski definition) is 4. The minimum atomic E-state index is -0.355. The molecule has 1 heterocycles. The minimum Gasteiger partial charge on any atom is -0.454 e. The highest BCUT2D eigenvalue weighted by atomic mass is 19.1. The van der Waals surface area contributed by atoms with E-state index in [0.29, 0.717) is 35.6 Å². The second kappa shape index (κ2) is 5.44. The summed E-state index contributed by atoms with van der Waals surface area (Å²) in [4.78, 5) is 12.1. The number of nitrogens with two attached hydrogens (primary N) is 1. The summed E-state index contributed by atoms with van der Waals surface area (Å²) < 4.78 is 23.4. The fraction of sp³-hybridized carbons (Fsp3) is 0.188. The number of nitrogen functional groups attached to an aromatic ring is 1. The molecule has 0 radical (unpaired) electrons. The molecule has 1 aliphatic heterocycles. The molecule has 0 saturated heterocycles. The molecule has 0 amide bonds. The first-order valence-corrected chi connectivity index (χ1v) is 6.60. The zero-order valence-corrected chi connectivity index (χ0v) is 11.3. The van der Waals surface area contributed by atoms with Crippen molar-refractivity contribution < 1.29 is 18.7 Å². The number of ether oxygens (including phenoxy) is 2. The van der Waals surface area contributed by atoms with Gasteiger partial charge in [0.1, 0.15) is 5.82 Å². The highest BCUT2D eigenvalue weighted by Gasteiger charge is 2.16. The number of anilines is 1. The van der Waals surface area contributed by atoms with E-state index in [2.05, 4.69) is 0 Å². The molecule has 2 N–H and O–H groups in total. The molecule has 5 heteroatoms. The molecule has 0 saturated carbocycles. The number of Topliss-reactive ketones (excluding diaryl/α,β-unsaturated/α-hetero) is 1. The van der Waals surface area contributed by atoms with Gasteiger partial charge in [-0.25, -0.2) is 4.39 Å². The van der Waals surface area contributed by atoms with E-state index in [1.807, 2.05) is 0 Å². The Bertz CT molecular complexity index is 683. The molecule has 1 aliphatic rings. The standard InChI is InChI=1S/C16H14FNO3/c17-12-4-1-10(2-5-12)14(19)6-3-11-7-15-16(8-13(11)18)21-9-20-15/h1-2,4-5,7-8H,3,6,9,18H2. The molecule has 2 aromatic carbocycles. The van der Waals surface area contributed by atoms with Crippen molar-refractivity contribution in [3.05, 3.63) is 53.3 Å². The summed E-state index contributed by atoms with van der Waals surface area (Å²) in [6, 6.07) is 9.04. The van der Waals surface area contributed by atoms with Crippen molar-refractivity contribution in [3.8, 4) is 11.5 Å². The Hall–Kier alpha value is -2.56. The Kier molecular flexibility index (Phi) is 3.48.